The number of benzene rings is 2. The number of urea groups is 1. The minimum absolute atomic E-state index is 0.126. The molecule has 2 heterocycles. The van der Waals surface area contributed by atoms with Crippen molar-refractivity contribution < 1.29 is 13.9 Å². The molecule has 1 unspecified atom stereocenters. The second kappa shape index (κ2) is 8.44. The summed E-state index contributed by atoms with van der Waals surface area (Å²) >= 11 is 0. The molecule has 6 nitrogen and oxygen atoms in total. The zero-order chi connectivity index (χ0) is 19.3. The molecule has 2 amide bonds. The molecule has 0 bridgehead atoms. The number of aromatic nitrogens is 1. The Bertz CT molecular complexity index is 933. The number of amides is 2. The van der Waals surface area contributed by atoms with E-state index in [-0.39, 0.29) is 6.03 Å². The molecular formula is C22H25N3O3. The van der Waals surface area contributed by atoms with E-state index in [0.29, 0.717) is 29.8 Å². The molecule has 1 fully saturated rings. The molecule has 1 aromatic heterocycles. The van der Waals surface area contributed by atoms with Gasteiger partial charge in [-0.3, -0.25) is 0 Å². The van der Waals surface area contributed by atoms with Gasteiger partial charge >= 0.3 is 6.03 Å². The van der Waals surface area contributed by atoms with E-state index < -0.39 is 0 Å². The highest BCUT2D eigenvalue weighted by Crippen LogP contribution is 2.26. The molecule has 0 spiro atoms. The predicted octanol–water partition coefficient (Wildman–Crippen LogP) is 4.92. The van der Waals surface area contributed by atoms with Crippen molar-refractivity contribution in [1.29, 1.82) is 0 Å². The van der Waals surface area contributed by atoms with E-state index in [1.54, 1.807) is 4.90 Å². The molecule has 1 aliphatic heterocycles. The summed E-state index contributed by atoms with van der Waals surface area (Å²) in [6.07, 6.45) is 4.60. The van der Waals surface area contributed by atoms with Crippen LogP contribution >= 0.6 is 0 Å². The first kappa shape index (κ1) is 18.5. The number of hydrogen-bond acceptors (Lipinski definition) is 4. The van der Waals surface area contributed by atoms with Gasteiger partial charge in [-0.2, -0.15) is 0 Å². The molecule has 0 aliphatic carbocycles. The summed E-state index contributed by atoms with van der Waals surface area (Å²) in [5, 5.41) is 2.94. The molecule has 1 N–H and O–H groups in total. The lowest BCUT2D eigenvalue weighted by atomic mass is 10.1. The van der Waals surface area contributed by atoms with Gasteiger partial charge in [-0.1, -0.05) is 18.2 Å². The smallest absolute Gasteiger partial charge is 0.321 e. The number of nitrogens with one attached hydrogen (secondary N) is 1. The summed E-state index contributed by atoms with van der Waals surface area (Å²) in [6, 6.07) is 15.1. The van der Waals surface area contributed by atoms with Crippen LogP contribution in [-0.2, 0) is 4.74 Å². The third-order valence-corrected chi connectivity index (χ3v) is 5.05. The number of carbonyl (C=O) groups is 1. The molecule has 0 radical (unpaired) electrons. The first-order chi connectivity index (χ1) is 13.7. The van der Waals surface area contributed by atoms with Gasteiger partial charge in [0.25, 0.3) is 0 Å². The van der Waals surface area contributed by atoms with E-state index in [4.69, 9.17) is 9.15 Å². The SMILES string of the molecule is CN(CCCC1CCCO1)C(=O)Nc1ccc2oc(-c3ccccc3)nc2c1. The van der Waals surface area contributed by atoms with E-state index in [9.17, 15) is 4.79 Å². The van der Waals surface area contributed by atoms with Crippen LogP contribution in [0.2, 0.25) is 0 Å². The molecule has 1 aliphatic rings. The molecule has 4 rings (SSSR count). The Balaban J connectivity index is 1.36. The maximum Gasteiger partial charge on any atom is 0.321 e. The third kappa shape index (κ3) is 4.34. The fraction of sp³-hybridized carbons (Fsp3) is 0.364. The molecule has 146 valence electrons. The zero-order valence-corrected chi connectivity index (χ0v) is 16.1. The third-order valence-electron chi connectivity index (χ3n) is 5.05. The number of ether oxygens (including phenoxy) is 1. The first-order valence-electron chi connectivity index (χ1n) is 9.79. The Morgan fingerprint density at radius 3 is 2.89 bits per heavy atom. The number of anilines is 1. The van der Waals surface area contributed by atoms with Crippen molar-refractivity contribution in [3.05, 3.63) is 48.5 Å². The van der Waals surface area contributed by atoms with Crippen LogP contribution in [0.25, 0.3) is 22.6 Å². The number of carbonyl (C=O) groups excluding carboxylic acids is 1. The Hall–Kier alpha value is -2.86. The van der Waals surface area contributed by atoms with Crippen molar-refractivity contribution in [3.8, 4) is 11.5 Å². The minimum Gasteiger partial charge on any atom is -0.436 e. The lowest BCUT2D eigenvalue weighted by Crippen LogP contribution is -2.32. The molecule has 1 atom stereocenters. The van der Waals surface area contributed by atoms with Gasteiger partial charge in [0, 0.05) is 31.5 Å². The summed E-state index contributed by atoms with van der Waals surface area (Å²) in [7, 11) is 1.81. The lowest BCUT2D eigenvalue weighted by Gasteiger charge is -2.19. The zero-order valence-electron chi connectivity index (χ0n) is 16.1. The second-order valence-corrected chi connectivity index (χ2v) is 7.20. The average molecular weight is 379 g/mol. The number of fused-ring (bicyclic) bond motifs is 1. The lowest BCUT2D eigenvalue weighted by molar-refractivity contribution is 0.101. The van der Waals surface area contributed by atoms with Crippen molar-refractivity contribution in [1.82, 2.24) is 9.88 Å². The summed E-state index contributed by atoms with van der Waals surface area (Å²) in [5.41, 5.74) is 3.05. The van der Waals surface area contributed by atoms with Gasteiger partial charge in [0.05, 0.1) is 6.10 Å². The summed E-state index contributed by atoms with van der Waals surface area (Å²) in [5.74, 6) is 0.574. The van der Waals surface area contributed by atoms with Gasteiger partial charge in [0.2, 0.25) is 5.89 Å². The van der Waals surface area contributed by atoms with Gasteiger partial charge in [-0.25, -0.2) is 9.78 Å². The maximum atomic E-state index is 12.4. The van der Waals surface area contributed by atoms with Crippen LogP contribution in [0.5, 0.6) is 0 Å². The molecule has 0 saturated carbocycles. The van der Waals surface area contributed by atoms with Crippen LogP contribution in [0.15, 0.2) is 52.9 Å². The van der Waals surface area contributed by atoms with Gasteiger partial charge in [0.15, 0.2) is 5.58 Å². The Morgan fingerprint density at radius 2 is 2.11 bits per heavy atom. The molecular weight excluding hydrogens is 354 g/mol. The molecule has 3 aromatic rings. The van der Waals surface area contributed by atoms with Crippen molar-refractivity contribution in [2.24, 2.45) is 0 Å². The van der Waals surface area contributed by atoms with E-state index in [0.717, 1.165) is 43.4 Å². The molecule has 2 aromatic carbocycles. The average Bonchev–Trinajstić information content (AvgIpc) is 3.38. The maximum absolute atomic E-state index is 12.4. The molecule has 28 heavy (non-hydrogen) atoms. The predicted molar refractivity (Wildman–Crippen MR) is 109 cm³/mol. The Kier molecular flexibility index (Phi) is 5.58. The fourth-order valence-corrected chi connectivity index (χ4v) is 3.46. The highest BCUT2D eigenvalue weighted by molar-refractivity contribution is 5.91. The van der Waals surface area contributed by atoms with E-state index in [2.05, 4.69) is 10.3 Å². The largest absolute Gasteiger partial charge is 0.436 e. The van der Waals surface area contributed by atoms with Crippen LogP contribution in [-0.4, -0.2) is 42.2 Å². The van der Waals surface area contributed by atoms with Crippen LogP contribution in [0.3, 0.4) is 0 Å². The van der Waals surface area contributed by atoms with Gasteiger partial charge in [0.1, 0.15) is 5.52 Å². The Morgan fingerprint density at radius 1 is 1.25 bits per heavy atom. The van der Waals surface area contributed by atoms with Crippen molar-refractivity contribution in [2.45, 2.75) is 31.8 Å². The number of hydrogen-bond donors (Lipinski definition) is 1. The quantitative estimate of drug-likeness (QED) is 0.660. The van der Waals surface area contributed by atoms with Gasteiger partial charge in [-0.05, 0) is 56.0 Å². The number of rotatable bonds is 6. The van der Waals surface area contributed by atoms with Crippen molar-refractivity contribution >= 4 is 22.8 Å². The summed E-state index contributed by atoms with van der Waals surface area (Å²) < 4.78 is 11.4. The topological polar surface area (TPSA) is 67.6 Å². The first-order valence-corrected chi connectivity index (χ1v) is 9.79. The highest BCUT2D eigenvalue weighted by Gasteiger charge is 2.16. The van der Waals surface area contributed by atoms with E-state index in [1.165, 1.54) is 0 Å². The highest BCUT2D eigenvalue weighted by atomic mass is 16.5. The standard InChI is InChI=1S/C22H25N3O3/c1-25(13-5-9-18-10-6-14-27-18)22(26)23-17-11-12-20-19(15-17)24-21(28-20)16-7-3-2-4-8-16/h2-4,7-8,11-12,15,18H,5-6,9-10,13-14H2,1H3,(H,23,26). The molecule has 1 saturated heterocycles. The number of oxazole rings is 1. The van der Waals surface area contributed by atoms with E-state index >= 15 is 0 Å². The van der Waals surface area contributed by atoms with Crippen LogP contribution in [0, 0.1) is 0 Å². The van der Waals surface area contributed by atoms with Gasteiger partial charge in [-0.15, -0.1) is 0 Å². The van der Waals surface area contributed by atoms with Crippen LogP contribution in [0.1, 0.15) is 25.7 Å². The Labute approximate surface area is 164 Å². The monoisotopic (exact) mass is 379 g/mol. The van der Waals surface area contributed by atoms with Crippen LogP contribution < -0.4 is 5.32 Å². The number of nitrogens with zero attached hydrogens (tertiary/aromatic N) is 2. The minimum atomic E-state index is -0.126. The molecule has 6 heteroatoms. The van der Waals surface area contributed by atoms with Gasteiger partial charge < -0.3 is 19.4 Å². The summed E-state index contributed by atoms with van der Waals surface area (Å²) in [6.45, 7) is 1.58. The van der Waals surface area contributed by atoms with E-state index in [1.807, 2.05) is 55.6 Å². The normalized spacial score (nSPS) is 16.4. The van der Waals surface area contributed by atoms with Crippen molar-refractivity contribution in [3.63, 3.8) is 0 Å². The second-order valence-electron chi connectivity index (χ2n) is 7.20. The summed E-state index contributed by atoms with van der Waals surface area (Å²) in [4.78, 5) is 18.7. The van der Waals surface area contributed by atoms with Crippen LogP contribution in [0.4, 0.5) is 10.5 Å². The van der Waals surface area contributed by atoms with Crippen molar-refractivity contribution in [2.75, 3.05) is 25.5 Å². The fourth-order valence-electron chi connectivity index (χ4n) is 3.46.